The minimum absolute atomic E-state index is 0.0291. The number of rotatable bonds is 8. The largest absolute Gasteiger partial charge is 0.496 e. The van der Waals surface area contributed by atoms with Gasteiger partial charge in [-0.15, -0.1) is 0 Å². The van der Waals surface area contributed by atoms with Gasteiger partial charge >= 0.3 is 5.97 Å². The first-order valence-corrected chi connectivity index (χ1v) is 10.2. The number of aliphatic hydroxyl groups is 3. The molecule has 1 fully saturated rings. The number of carboxylic acids is 1. The van der Waals surface area contributed by atoms with Crippen LogP contribution in [-0.4, -0.2) is 78.9 Å². The summed E-state index contributed by atoms with van der Waals surface area (Å²) in [5.41, 5.74) is 1.03. The number of hydrogen-bond acceptors (Lipinski definition) is 9. The van der Waals surface area contributed by atoms with E-state index < -0.39 is 30.6 Å². The van der Waals surface area contributed by atoms with E-state index in [1.54, 1.807) is 0 Å². The number of benzene rings is 2. The summed E-state index contributed by atoms with van der Waals surface area (Å²) in [5.74, 6) is -0.0709. The van der Waals surface area contributed by atoms with Crippen LogP contribution >= 0.6 is 0 Å². The molecule has 1 saturated heterocycles. The molecule has 0 amide bonds. The van der Waals surface area contributed by atoms with Gasteiger partial charge in [-0.2, -0.15) is 0 Å². The molecule has 1 heterocycles. The van der Waals surface area contributed by atoms with Gasteiger partial charge in [-0.3, -0.25) is 0 Å². The van der Waals surface area contributed by atoms with Crippen LogP contribution in [0.15, 0.2) is 42.5 Å². The van der Waals surface area contributed by atoms with Gasteiger partial charge in [0.05, 0.1) is 26.9 Å². The van der Waals surface area contributed by atoms with Gasteiger partial charge in [0.2, 0.25) is 0 Å². The Kier molecular flexibility index (Phi) is 10.4. The monoisotopic (exact) mass is 466 g/mol. The van der Waals surface area contributed by atoms with Gasteiger partial charge in [0.25, 0.3) is 0 Å². The number of ether oxygens (including phenoxy) is 5. The molecule has 1 aliphatic heterocycles. The van der Waals surface area contributed by atoms with E-state index in [9.17, 15) is 15.0 Å². The third-order valence-electron chi connectivity index (χ3n) is 4.93. The fraction of sp³-hybridized carbons (Fsp3) is 0.435. The maximum atomic E-state index is 11.2. The number of aliphatic hydroxyl groups excluding tert-OH is 3. The minimum Gasteiger partial charge on any atom is -0.496 e. The molecular formula is C23H30O10. The lowest BCUT2D eigenvalue weighted by Gasteiger charge is -2.35. The van der Waals surface area contributed by atoms with Gasteiger partial charge < -0.3 is 44.1 Å². The highest BCUT2D eigenvalue weighted by molar-refractivity contribution is 5.92. The number of hydrogen-bond donors (Lipinski definition) is 4. The first kappa shape index (κ1) is 26.4. The summed E-state index contributed by atoms with van der Waals surface area (Å²) < 4.78 is 25.9. The molecule has 3 rings (SSSR count). The zero-order valence-electron chi connectivity index (χ0n) is 18.7. The molecule has 10 nitrogen and oxygen atoms in total. The second-order valence-electron chi connectivity index (χ2n) is 7.10. The molecule has 0 spiro atoms. The highest BCUT2D eigenvalue weighted by atomic mass is 16.7. The van der Waals surface area contributed by atoms with Crippen molar-refractivity contribution in [1.29, 1.82) is 0 Å². The van der Waals surface area contributed by atoms with E-state index in [1.807, 2.05) is 30.3 Å². The van der Waals surface area contributed by atoms with Crippen molar-refractivity contribution in [3.63, 3.8) is 0 Å². The SMILES string of the molecule is CO[C@@H]1CC(O)[C@H](O)C(CO)O1.COc1cc(C(=O)O)c(OC)cc1OCc1ccccc1. The van der Waals surface area contributed by atoms with Crippen LogP contribution in [-0.2, 0) is 16.1 Å². The molecule has 2 aromatic rings. The Labute approximate surface area is 191 Å². The van der Waals surface area contributed by atoms with Crippen LogP contribution in [0.2, 0.25) is 0 Å². The van der Waals surface area contributed by atoms with E-state index in [-0.39, 0.29) is 24.3 Å². The highest BCUT2D eigenvalue weighted by Gasteiger charge is 2.36. The third-order valence-corrected chi connectivity index (χ3v) is 4.93. The summed E-state index contributed by atoms with van der Waals surface area (Å²) in [6.45, 7) is 0.0326. The van der Waals surface area contributed by atoms with Crippen LogP contribution in [0.1, 0.15) is 22.3 Å². The van der Waals surface area contributed by atoms with Crippen molar-refractivity contribution in [2.75, 3.05) is 27.9 Å². The normalized spacial score (nSPS) is 22.0. The molecule has 4 atom stereocenters. The molecule has 0 bridgehead atoms. The molecule has 2 aromatic carbocycles. The molecule has 0 saturated carbocycles. The lowest BCUT2D eigenvalue weighted by molar-refractivity contribution is -0.248. The van der Waals surface area contributed by atoms with Crippen molar-refractivity contribution in [1.82, 2.24) is 0 Å². The Morgan fingerprint density at radius 1 is 1.03 bits per heavy atom. The molecule has 1 aliphatic rings. The number of carbonyl (C=O) groups is 1. The zero-order chi connectivity index (χ0) is 24.4. The van der Waals surface area contributed by atoms with Crippen molar-refractivity contribution in [2.45, 2.75) is 37.6 Å². The molecule has 4 N–H and O–H groups in total. The van der Waals surface area contributed by atoms with Gasteiger partial charge in [0, 0.05) is 25.7 Å². The summed E-state index contributed by atoms with van der Waals surface area (Å²) in [6, 6.07) is 12.6. The average Bonchev–Trinajstić information content (AvgIpc) is 2.84. The summed E-state index contributed by atoms with van der Waals surface area (Å²) in [6.07, 6.45) is -2.98. The Balaban J connectivity index is 0.000000273. The van der Waals surface area contributed by atoms with Crippen molar-refractivity contribution >= 4 is 5.97 Å². The van der Waals surface area contributed by atoms with Gasteiger partial charge in [-0.1, -0.05) is 30.3 Å². The molecule has 0 aliphatic carbocycles. The maximum Gasteiger partial charge on any atom is 0.339 e. The average molecular weight is 466 g/mol. The van der Waals surface area contributed by atoms with E-state index in [4.69, 9.17) is 33.9 Å². The lowest BCUT2D eigenvalue weighted by Crippen LogP contribution is -2.50. The standard InChI is InChI=1S/C16H16O5.C7H14O5/c1-19-13-9-15(14(20-2)8-12(13)16(17)18)21-10-11-6-4-3-5-7-11;1-11-6-2-4(9)7(10)5(3-8)12-6/h3-9H,10H2,1-2H3,(H,17,18);4-10H,2-3H2,1H3/t;4?,5?,6-,7-/m.0/s1. The Bertz CT molecular complexity index is 873. The Morgan fingerprint density at radius 2 is 1.70 bits per heavy atom. The predicted molar refractivity (Wildman–Crippen MR) is 117 cm³/mol. The van der Waals surface area contributed by atoms with Crippen LogP contribution in [0.3, 0.4) is 0 Å². The smallest absolute Gasteiger partial charge is 0.339 e. The third kappa shape index (κ3) is 7.31. The maximum absolute atomic E-state index is 11.2. The fourth-order valence-electron chi connectivity index (χ4n) is 3.10. The Morgan fingerprint density at radius 3 is 2.24 bits per heavy atom. The number of carboxylic acid groups (broad SMARTS) is 1. The van der Waals surface area contributed by atoms with Crippen LogP contribution in [0, 0.1) is 0 Å². The second-order valence-corrected chi connectivity index (χ2v) is 7.10. The highest BCUT2D eigenvalue weighted by Crippen LogP contribution is 2.35. The van der Waals surface area contributed by atoms with Crippen LogP contribution < -0.4 is 14.2 Å². The Hall–Kier alpha value is -2.89. The second kappa shape index (κ2) is 13.0. The summed E-state index contributed by atoms with van der Waals surface area (Å²) in [4.78, 5) is 11.2. The molecule has 182 valence electrons. The van der Waals surface area contributed by atoms with Crippen LogP contribution in [0.25, 0.3) is 0 Å². The number of aromatic carboxylic acids is 1. The molecule has 0 aromatic heterocycles. The predicted octanol–water partition coefficient (Wildman–Crippen LogP) is 1.44. The first-order valence-electron chi connectivity index (χ1n) is 10.2. The van der Waals surface area contributed by atoms with Crippen molar-refractivity contribution in [3.8, 4) is 17.2 Å². The van der Waals surface area contributed by atoms with Crippen molar-refractivity contribution in [3.05, 3.63) is 53.6 Å². The molecule has 10 heteroatoms. The molecule has 33 heavy (non-hydrogen) atoms. The van der Waals surface area contributed by atoms with E-state index in [2.05, 4.69) is 0 Å². The summed E-state index contributed by atoms with van der Waals surface area (Å²) >= 11 is 0. The van der Waals surface area contributed by atoms with E-state index in [1.165, 1.54) is 33.5 Å². The minimum atomic E-state index is -1.08. The van der Waals surface area contributed by atoms with Gasteiger partial charge in [-0.05, 0) is 5.56 Å². The quantitative estimate of drug-likeness (QED) is 0.451. The van der Waals surface area contributed by atoms with Crippen LogP contribution in [0.5, 0.6) is 17.2 Å². The molecule has 2 unspecified atom stereocenters. The molecule has 0 radical (unpaired) electrons. The van der Waals surface area contributed by atoms with Crippen LogP contribution in [0.4, 0.5) is 0 Å². The van der Waals surface area contributed by atoms with Gasteiger partial charge in [0.15, 0.2) is 17.8 Å². The van der Waals surface area contributed by atoms with Crippen molar-refractivity contribution < 1.29 is 48.9 Å². The van der Waals surface area contributed by atoms with E-state index in [0.29, 0.717) is 18.1 Å². The van der Waals surface area contributed by atoms with Gasteiger partial charge in [0.1, 0.15) is 30.1 Å². The zero-order valence-corrected chi connectivity index (χ0v) is 18.7. The van der Waals surface area contributed by atoms with Crippen molar-refractivity contribution in [2.24, 2.45) is 0 Å². The van der Waals surface area contributed by atoms with E-state index in [0.717, 1.165) is 5.56 Å². The lowest BCUT2D eigenvalue weighted by atomic mass is 10.0. The van der Waals surface area contributed by atoms with Gasteiger partial charge in [-0.25, -0.2) is 4.79 Å². The first-order chi connectivity index (χ1) is 15.8. The summed E-state index contributed by atoms with van der Waals surface area (Å²) in [5, 5.41) is 36.4. The van der Waals surface area contributed by atoms with E-state index >= 15 is 0 Å². The fourth-order valence-corrected chi connectivity index (χ4v) is 3.10. The number of methoxy groups -OCH3 is 3. The molecular weight excluding hydrogens is 436 g/mol. The topological polar surface area (TPSA) is 144 Å². The summed E-state index contributed by atoms with van der Waals surface area (Å²) in [7, 11) is 4.32.